The lowest BCUT2D eigenvalue weighted by molar-refractivity contribution is -0.150. The Bertz CT molecular complexity index is 404. The smallest absolute Gasteiger partial charge is 0.339 e. The first-order chi connectivity index (χ1) is 7.52. The number of phenolic OH excluding ortho intramolecular Hbond substituents is 1. The number of esters is 1. The maximum atomic E-state index is 11.2. The Morgan fingerprint density at radius 2 is 2.06 bits per heavy atom. The van der Waals surface area contributed by atoms with Crippen molar-refractivity contribution in [2.45, 2.75) is 6.10 Å². The second kappa shape index (κ2) is 5.05. The fourth-order valence-corrected chi connectivity index (χ4v) is 1.51. The van der Waals surface area contributed by atoms with Crippen LogP contribution in [0.4, 0.5) is 0 Å². The maximum Gasteiger partial charge on any atom is 0.339 e. The van der Waals surface area contributed by atoms with Crippen molar-refractivity contribution >= 4 is 17.6 Å². The molecule has 0 radical (unpaired) electrons. The van der Waals surface area contributed by atoms with E-state index in [-0.39, 0.29) is 22.1 Å². The molecule has 0 aliphatic rings. The van der Waals surface area contributed by atoms with E-state index < -0.39 is 12.1 Å². The van der Waals surface area contributed by atoms with E-state index in [1.165, 1.54) is 19.2 Å². The molecule has 1 unspecified atom stereocenters. The summed E-state index contributed by atoms with van der Waals surface area (Å²) >= 11 is 5.82. The van der Waals surface area contributed by atoms with Gasteiger partial charge in [0.1, 0.15) is 0 Å². The predicted octanol–water partition coefficient (Wildman–Crippen LogP) is 1.26. The summed E-state index contributed by atoms with van der Waals surface area (Å²) < 4.78 is 9.25. The Morgan fingerprint density at radius 3 is 2.56 bits per heavy atom. The van der Waals surface area contributed by atoms with Crippen molar-refractivity contribution in [2.75, 3.05) is 14.2 Å². The first-order valence-corrected chi connectivity index (χ1v) is 4.72. The van der Waals surface area contributed by atoms with Crippen molar-refractivity contribution < 1.29 is 24.5 Å². The molecule has 1 aromatic carbocycles. The molecule has 0 saturated carbocycles. The number of ether oxygens (including phenoxy) is 2. The second-order valence-electron chi connectivity index (χ2n) is 2.94. The Morgan fingerprint density at radius 1 is 1.44 bits per heavy atom. The van der Waals surface area contributed by atoms with Crippen LogP contribution in [0.2, 0.25) is 5.02 Å². The minimum absolute atomic E-state index is 0.0176. The molecule has 5 nitrogen and oxygen atoms in total. The van der Waals surface area contributed by atoms with Gasteiger partial charge < -0.3 is 19.7 Å². The van der Waals surface area contributed by atoms with Gasteiger partial charge in [-0.25, -0.2) is 4.79 Å². The van der Waals surface area contributed by atoms with Gasteiger partial charge in [0.2, 0.25) is 0 Å². The van der Waals surface area contributed by atoms with Crippen molar-refractivity contribution in [3.05, 3.63) is 22.7 Å². The van der Waals surface area contributed by atoms with E-state index in [4.69, 9.17) is 16.3 Å². The van der Waals surface area contributed by atoms with Crippen LogP contribution in [0.1, 0.15) is 11.7 Å². The first kappa shape index (κ1) is 12.6. The van der Waals surface area contributed by atoms with Crippen LogP contribution >= 0.6 is 11.6 Å². The molecule has 0 bridgehead atoms. The lowest BCUT2D eigenvalue weighted by Crippen LogP contribution is -2.15. The Labute approximate surface area is 97.2 Å². The van der Waals surface area contributed by atoms with Crippen LogP contribution in [0.15, 0.2) is 12.1 Å². The molecular formula is C10H11ClO5. The molecule has 88 valence electrons. The average molecular weight is 247 g/mol. The average Bonchev–Trinajstić information content (AvgIpc) is 2.29. The van der Waals surface area contributed by atoms with Crippen molar-refractivity contribution in [3.63, 3.8) is 0 Å². The van der Waals surface area contributed by atoms with Gasteiger partial charge in [-0.15, -0.1) is 0 Å². The van der Waals surface area contributed by atoms with E-state index in [9.17, 15) is 15.0 Å². The van der Waals surface area contributed by atoms with Crippen molar-refractivity contribution in [2.24, 2.45) is 0 Å². The molecule has 0 saturated heterocycles. The van der Waals surface area contributed by atoms with Gasteiger partial charge in [0, 0.05) is 0 Å². The van der Waals surface area contributed by atoms with Gasteiger partial charge in [-0.2, -0.15) is 0 Å². The number of phenols is 1. The monoisotopic (exact) mass is 246 g/mol. The van der Waals surface area contributed by atoms with Crippen LogP contribution in [0.25, 0.3) is 0 Å². The van der Waals surface area contributed by atoms with Crippen molar-refractivity contribution in [1.82, 2.24) is 0 Å². The molecule has 6 heteroatoms. The van der Waals surface area contributed by atoms with E-state index in [1.54, 1.807) is 0 Å². The summed E-state index contributed by atoms with van der Waals surface area (Å²) in [4.78, 5) is 11.2. The van der Waals surface area contributed by atoms with Crippen LogP contribution in [-0.2, 0) is 9.53 Å². The maximum absolute atomic E-state index is 11.2. The quantitative estimate of drug-likeness (QED) is 0.786. The normalized spacial score (nSPS) is 12.0. The van der Waals surface area contributed by atoms with Crippen LogP contribution in [0.3, 0.4) is 0 Å². The number of aliphatic hydroxyl groups is 1. The van der Waals surface area contributed by atoms with Gasteiger partial charge in [-0.05, 0) is 12.1 Å². The molecular weight excluding hydrogens is 236 g/mol. The molecule has 1 aromatic rings. The van der Waals surface area contributed by atoms with Gasteiger partial charge in [0.15, 0.2) is 17.6 Å². The third-order valence-electron chi connectivity index (χ3n) is 2.02. The Hall–Kier alpha value is -1.46. The van der Waals surface area contributed by atoms with Crippen LogP contribution in [-0.4, -0.2) is 30.4 Å². The zero-order valence-electron chi connectivity index (χ0n) is 8.73. The molecule has 0 aromatic heterocycles. The van der Waals surface area contributed by atoms with Gasteiger partial charge in [-0.1, -0.05) is 11.6 Å². The summed E-state index contributed by atoms with van der Waals surface area (Å²) in [5.41, 5.74) is -0.0176. The summed E-state index contributed by atoms with van der Waals surface area (Å²) in [7, 11) is 2.42. The zero-order chi connectivity index (χ0) is 12.3. The summed E-state index contributed by atoms with van der Waals surface area (Å²) in [6, 6.07) is 2.65. The number of halogens is 1. The van der Waals surface area contributed by atoms with Crippen LogP contribution in [0.5, 0.6) is 11.5 Å². The van der Waals surface area contributed by atoms with E-state index in [0.29, 0.717) is 0 Å². The number of carbonyl (C=O) groups excluding carboxylic acids is 1. The number of aromatic hydroxyl groups is 1. The number of rotatable bonds is 3. The van der Waals surface area contributed by atoms with E-state index >= 15 is 0 Å². The molecule has 0 heterocycles. The number of aliphatic hydroxyl groups excluding tert-OH is 1. The fraction of sp³-hybridized carbons (Fsp3) is 0.300. The third-order valence-corrected chi connectivity index (χ3v) is 2.35. The highest BCUT2D eigenvalue weighted by molar-refractivity contribution is 6.32. The zero-order valence-corrected chi connectivity index (χ0v) is 9.49. The van der Waals surface area contributed by atoms with Crippen molar-refractivity contribution in [3.8, 4) is 11.5 Å². The fourth-order valence-electron chi connectivity index (χ4n) is 1.26. The number of hydrogen-bond donors (Lipinski definition) is 2. The highest BCUT2D eigenvalue weighted by atomic mass is 35.5. The third kappa shape index (κ3) is 2.20. The summed E-state index contributed by atoms with van der Waals surface area (Å²) in [6.45, 7) is 0. The topological polar surface area (TPSA) is 76.0 Å². The minimum Gasteiger partial charge on any atom is -0.504 e. The lowest BCUT2D eigenvalue weighted by atomic mass is 10.1. The predicted molar refractivity (Wildman–Crippen MR) is 56.6 cm³/mol. The highest BCUT2D eigenvalue weighted by Crippen LogP contribution is 2.39. The Balaban J connectivity index is 3.30. The molecule has 16 heavy (non-hydrogen) atoms. The van der Waals surface area contributed by atoms with Gasteiger partial charge in [0.25, 0.3) is 0 Å². The summed E-state index contributed by atoms with van der Waals surface area (Å²) in [6.07, 6.45) is -1.60. The molecule has 0 aliphatic heterocycles. The van der Waals surface area contributed by atoms with Gasteiger partial charge in [0.05, 0.1) is 24.8 Å². The number of hydrogen-bond acceptors (Lipinski definition) is 5. The Kier molecular flexibility index (Phi) is 3.98. The molecule has 0 amide bonds. The largest absolute Gasteiger partial charge is 0.504 e. The number of carbonyl (C=O) groups is 1. The molecule has 2 N–H and O–H groups in total. The van der Waals surface area contributed by atoms with Crippen LogP contribution < -0.4 is 4.74 Å². The standard InChI is InChI=1S/C10H11ClO5/c1-15-9-6(12)4-3-5(11)7(9)8(13)10(14)16-2/h3-4,8,12-13H,1-2H3. The molecule has 0 fully saturated rings. The molecule has 0 aliphatic carbocycles. The van der Waals surface area contributed by atoms with Gasteiger partial charge in [-0.3, -0.25) is 0 Å². The first-order valence-electron chi connectivity index (χ1n) is 4.34. The minimum atomic E-state index is -1.60. The van der Waals surface area contributed by atoms with E-state index in [1.807, 2.05) is 0 Å². The summed E-state index contributed by atoms with van der Waals surface area (Å²) in [5, 5.41) is 19.2. The van der Waals surface area contributed by atoms with Gasteiger partial charge >= 0.3 is 5.97 Å². The molecule has 1 atom stereocenters. The SMILES string of the molecule is COC(=O)C(O)c1c(Cl)ccc(O)c1OC. The highest BCUT2D eigenvalue weighted by Gasteiger charge is 2.26. The number of methoxy groups -OCH3 is 2. The van der Waals surface area contributed by atoms with E-state index in [2.05, 4.69) is 4.74 Å². The summed E-state index contributed by atoms with van der Waals surface area (Å²) in [5.74, 6) is -1.15. The van der Waals surface area contributed by atoms with Crippen LogP contribution in [0, 0.1) is 0 Å². The number of benzene rings is 1. The molecule has 1 rings (SSSR count). The second-order valence-corrected chi connectivity index (χ2v) is 3.35. The van der Waals surface area contributed by atoms with Crippen molar-refractivity contribution in [1.29, 1.82) is 0 Å². The van der Waals surface area contributed by atoms with E-state index in [0.717, 1.165) is 7.11 Å². The molecule has 0 spiro atoms. The lowest BCUT2D eigenvalue weighted by Gasteiger charge is -2.15.